The van der Waals surface area contributed by atoms with Crippen LogP contribution in [0.1, 0.15) is 27.2 Å². The molecule has 0 atom stereocenters. The summed E-state index contributed by atoms with van der Waals surface area (Å²) in [5, 5.41) is 3.90. The zero-order valence-electron chi connectivity index (χ0n) is 12.3. The molecule has 0 aliphatic rings. The van der Waals surface area contributed by atoms with Crippen molar-refractivity contribution >= 4 is 22.6 Å². The molecule has 0 radical (unpaired) electrons. The maximum absolute atomic E-state index is 12.3. The summed E-state index contributed by atoms with van der Waals surface area (Å²) in [5.74, 6) is 0.416. The second-order valence-electron chi connectivity index (χ2n) is 5.31. The van der Waals surface area contributed by atoms with Crippen molar-refractivity contribution in [2.24, 2.45) is 0 Å². The second kappa shape index (κ2) is 5.05. The van der Waals surface area contributed by atoms with E-state index in [2.05, 4.69) is 22.2 Å². The van der Waals surface area contributed by atoms with E-state index in [1.54, 1.807) is 12.3 Å². The number of benzene rings is 1. The Morgan fingerprint density at radius 3 is 2.67 bits per heavy atom. The maximum atomic E-state index is 12.3. The third-order valence-electron chi connectivity index (χ3n) is 3.72. The number of nitrogens with zero attached hydrogens (tertiary/aromatic N) is 1. The van der Waals surface area contributed by atoms with Crippen LogP contribution in [-0.4, -0.2) is 15.9 Å². The Kier molecular flexibility index (Phi) is 3.22. The Morgan fingerprint density at radius 2 is 1.95 bits per heavy atom. The summed E-state index contributed by atoms with van der Waals surface area (Å²) in [6.45, 7) is 6.05. The van der Waals surface area contributed by atoms with Crippen LogP contribution in [0.15, 0.2) is 36.5 Å². The van der Waals surface area contributed by atoms with Crippen molar-refractivity contribution in [1.29, 1.82) is 0 Å². The second-order valence-corrected chi connectivity index (χ2v) is 5.31. The van der Waals surface area contributed by atoms with Crippen molar-refractivity contribution in [3.8, 4) is 0 Å². The first-order valence-corrected chi connectivity index (χ1v) is 6.87. The summed E-state index contributed by atoms with van der Waals surface area (Å²) in [4.78, 5) is 19.8. The van der Waals surface area contributed by atoms with E-state index in [0.717, 1.165) is 22.2 Å². The number of rotatable bonds is 2. The molecule has 2 N–H and O–H groups in total. The lowest BCUT2D eigenvalue weighted by Gasteiger charge is -2.05. The Labute approximate surface area is 123 Å². The number of aromatic amines is 1. The Bertz CT molecular complexity index is 816. The summed E-state index contributed by atoms with van der Waals surface area (Å²) < 4.78 is 0. The number of fused-ring (bicyclic) bond motifs is 1. The third kappa shape index (κ3) is 2.52. The lowest BCUT2D eigenvalue weighted by Crippen LogP contribution is -2.12. The van der Waals surface area contributed by atoms with Crippen LogP contribution in [-0.2, 0) is 0 Å². The highest BCUT2D eigenvalue weighted by molar-refractivity contribution is 6.06. The van der Waals surface area contributed by atoms with Crippen LogP contribution in [0, 0.1) is 20.8 Å². The molecule has 2 aromatic heterocycles. The molecule has 1 amide bonds. The average molecular weight is 279 g/mol. The van der Waals surface area contributed by atoms with Gasteiger partial charge in [0.2, 0.25) is 0 Å². The van der Waals surface area contributed by atoms with Gasteiger partial charge in [0.05, 0.1) is 0 Å². The van der Waals surface area contributed by atoms with Crippen LogP contribution < -0.4 is 5.32 Å². The molecule has 106 valence electrons. The van der Waals surface area contributed by atoms with E-state index in [0.29, 0.717) is 11.4 Å². The smallest absolute Gasteiger partial charge is 0.256 e. The van der Waals surface area contributed by atoms with Gasteiger partial charge in [0.25, 0.3) is 5.91 Å². The van der Waals surface area contributed by atoms with Crippen LogP contribution >= 0.6 is 0 Å². The summed E-state index contributed by atoms with van der Waals surface area (Å²) in [6.07, 6.45) is 1.73. The van der Waals surface area contributed by atoms with Crippen molar-refractivity contribution in [3.63, 3.8) is 0 Å². The topological polar surface area (TPSA) is 57.8 Å². The quantitative estimate of drug-likeness (QED) is 0.750. The molecule has 2 heterocycles. The number of H-pyrrole nitrogens is 1. The van der Waals surface area contributed by atoms with Gasteiger partial charge in [-0.25, -0.2) is 4.98 Å². The molecule has 0 spiro atoms. The van der Waals surface area contributed by atoms with Crippen molar-refractivity contribution in [3.05, 3.63) is 58.9 Å². The highest BCUT2D eigenvalue weighted by Crippen LogP contribution is 2.22. The zero-order chi connectivity index (χ0) is 15.0. The Morgan fingerprint density at radius 1 is 1.14 bits per heavy atom. The van der Waals surface area contributed by atoms with Crippen LogP contribution in [0.4, 0.5) is 5.82 Å². The van der Waals surface area contributed by atoms with Crippen molar-refractivity contribution in [1.82, 2.24) is 9.97 Å². The van der Waals surface area contributed by atoms with E-state index in [1.807, 2.05) is 38.1 Å². The van der Waals surface area contributed by atoms with Gasteiger partial charge < -0.3 is 10.3 Å². The summed E-state index contributed by atoms with van der Waals surface area (Å²) in [6, 6.07) is 9.40. The van der Waals surface area contributed by atoms with E-state index in [1.165, 1.54) is 5.56 Å². The van der Waals surface area contributed by atoms with Crippen molar-refractivity contribution < 1.29 is 4.79 Å². The summed E-state index contributed by atoms with van der Waals surface area (Å²) >= 11 is 0. The molecular formula is C17H17N3O. The minimum atomic E-state index is -0.147. The Balaban J connectivity index is 1.90. The molecule has 1 aromatic carbocycles. The van der Waals surface area contributed by atoms with Gasteiger partial charge in [-0.1, -0.05) is 6.07 Å². The third-order valence-corrected chi connectivity index (χ3v) is 3.72. The number of carbonyl (C=O) groups is 1. The first-order chi connectivity index (χ1) is 10.0. The standard InChI is InChI=1S/C17H17N3O/c1-10-4-7-16(18-9-10)20-17(21)13-5-6-15-14(8-13)11(2)12(3)19-15/h4-9,19H,1-3H3,(H,18,20,21). The zero-order valence-corrected chi connectivity index (χ0v) is 12.3. The molecule has 0 aliphatic heterocycles. The average Bonchev–Trinajstić information content (AvgIpc) is 2.76. The lowest BCUT2D eigenvalue weighted by atomic mass is 10.1. The molecule has 4 heteroatoms. The van der Waals surface area contributed by atoms with E-state index >= 15 is 0 Å². The number of anilines is 1. The fourth-order valence-corrected chi connectivity index (χ4v) is 2.33. The molecule has 0 bridgehead atoms. The molecule has 3 aromatic rings. The monoisotopic (exact) mass is 279 g/mol. The number of carbonyl (C=O) groups excluding carboxylic acids is 1. The van der Waals surface area contributed by atoms with Crippen LogP contribution in [0.5, 0.6) is 0 Å². The highest BCUT2D eigenvalue weighted by Gasteiger charge is 2.10. The number of aryl methyl sites for hydroxylation is 3. The lowest BCUT2D eigenvalue weighted by molar-refractivity contribution is 0.102. The van der Waals surface area contributed by atoms with Crippen molar-refractivity contribution in [2.75, 3.05) is 5.32 Å². The van der Waals surface area contributed by atoms with Crippen molar-refractivity contribution in [2.45, 2.75) is 20.8 Å². The maximum Gasteiger partial charge on any atom is 0.256 e. The molecule has 0 aliphatic carbocycles. The SMILES string of the molecule is Cc1ccc(NC(=O)c2ccc3[nH]c(C)c(C)c3c2)nc1. The summed E-state index contributed by atoms with van der Waals surface area (Å²) in [7, 11) is 0. The molecule has 21 heavy (non-hydrogen) atoms. The molecule has 0 fully saturated rings. The van der Waals surface area contributed by atoms with Gasteiger partial charge in [0.1, 0.15) is 5.82 Å². The summed E-state index contributed by atoms with van der Waals surface area (Å²) in [5.41, 5.74) is 5.05. The number of amides is 1. The predicted molar refractivity (Wildman–Crippen MR) is 84.7 cm³/mol. The van der Waals surface area contributed by atoms with Gasteiger partial charge in [0, 0.05) is 28.4 Å². The molecule has 0 unspecified atom stereocenters. The van der Waals surface area contributed by atoms with E-state index < -0.39 is 0 Å². The fraction of sp³-hybridized carbons (Fsp3) is 0.176. The number of pyridine rings is 1. The normalized spacial score (nSPS) is 10.8. The number of hydrogen-bond acceptors (Lipinski definition) is 2. The molecular weight excluding hydrogens is 262 g/mol. The van der Waals surface area contributed by atoms with Gasteiger partial charge in [-0.15, -0.1) is 0 Å². The minimum absolute atomic E-state index is 0.147. The Hall–Kier alpha value is -2.62. The highest BCUT2D eigenvalue weighted by atomic mass is 16.1. The van der Waals surface area contributed by atoms with Gasteiger partial charge >= 0.3 is 0 Å². The largest absolute Gasteiger partial charge is 0.358 e. The van der Waals surface area contributed by atoms with E-state index in [9.17, 15) is 4.79 Å². The molecule has 0 saturated carbocycles. The first-order valence-electron chi connectivity index (χ1n) is 6.87. The number of hydrogen-bond donors (Lipinski definition) is 2. The number of aromatic nitrogens is 2. The van der Waals surface area contributed by atoms with Crippen LogP contribution in [0.2, 0.25) is 0 Å². The van der Waals surface area contributed by atoms with Crippen LogP contribution in [0.25, 0.3) is 10.9 Å². The minimum Gasteiger partial charge on any atom is -0.358 e. The van der Waals surface area contributed by atoms with E-state index in [-0.39, 0.29) is 5.91 Å². The van der Waals surface area contributed by atoms with E-state index in [4.69, 9.17) is 0 Å². The van der Waals surface area contributed by atoms with Gasteiger partial charge in [-0.05, 0) is 56.2 Å². The van der Waals surface area contributed by atoms with Gasteiger partial charge in [-0.3, -0.25) is 4.79 Å². The molecule has 0 saturated heterocycles. The molecule has 4 nitrogen and oxygen atoms in total. The van der Waals surface area contributed by atoms with Gasteiger partial charge in [-0.2, -0.15) is 0 Å². The molecule has 3 rings (SSSR count). The number of nitrogens with one attached hydrogen (secondary N) is 2. The van der Waals surface area contributed by atoms with Crippen LogP contribution in [0.3, 0.4) is 0 Å². The predicted octanol–water partition coefficient (Wildman–Crippen LogP) is 3.74. The van der Waals surface area contributed by atoms with Gasteiger partial charge in [0.15, 0.2) is 0 Å². The first kappa shape index (κ1) is 13.4. The fourth-order valence-electron chi connectivity index (χ4n) is 2.33.